The molecule has 0 aliphatic rings. The largest absolute Gasteiger partial charge is 0.259 e. The summed E-state index contributed by atoms with van der Waals surface area (Å²) < 4.78 is 14.8. The Kier molecular flexibility index (Phi) is 7.63. The molecule has 1 aromatic carbocycles. The van der Waals surface area contributed by atoms with Crippen LogP contribution in [0.15, 0.2) is 61.4 Å². The molecule has 0 fully saturated rings. The van der Waals surface area contributed by atoms with E-state index in [4.69, 9.17) is 0 Å². The lowest BCUT2D eigenvalue weighted by Gasteiger charge is -2.41. The van der Waals surface area contributed by atoms with Crippen LogP contribution in [-0.4, -0.2) is 11.2 Å². The van der Waals surface area contributed by atoms with Gasteiger partial charge in [-0.2, -0.15) is 5.10 Å². The maximum absolute atomic E-state index is 14.8. The molecule has 2 nitrogen and oxygen atoms in total. The molecular weight excluding hydrogens is 299 g/mol. The van der Waals surface area contributed by atoms with E-state index in [1.165, 1.54) is 0 Å². The fourth-order valence-corrected chi connectivity index (χ4v) is 3.09. The summed E-state index contributed by atoms with van der Waals surface area (Å²) in [6.07, 6.45) is 9.51. The normalized spacial score (nSPS) is 14.8. The van der Waals surface area contributed by atoms with Gasteiger partial charge in [-0.15, -0.1) is 13.2 Å². The van der Waals surface area contributed by atoms with Gasteiger partial charge in [-0.25, -0.2) is 4.39 Å². The van der Waals surface area contributed by atoms with Gasteiger partial charge >= 0.3 is 0 Å². The molecule has 0 spiro atoms. The summed E-state index contributed by atoms with van der Waals surface area (Å²) in [5.41, 5.74) is 0.669. The second-order valence-corrected chi connectivity index (χ2v) is 6.02. The molecular formula is C21H29FN2. The lowest BCUT2D eigenvalue weighted by Crippen LogP contribution is -2.40. The zero-order chi connectivity index (χ0) is 18.2. The van der Waals surface area contributed by atoms with E-state index in [2.05, 4.69) is 31.8 Å². The molecule has 0 saturated heterocycles. The SMILES string of the molecule is C=CCC(CC)CC(C=C)(c1ccc(C)cc1F)N(C=C)/N=C\C. The first-order valence-electron chi connectivity index (χ1n) is 8.40. The van der Waals surface area contributed by atoms with Crippen molar-refractivity contribution in [1.82, 2.24) is 5.01 Å². The van der Waals surface area contributed by atoms with Crippen LogP contribution in [0.2, 0.25) is 0 Å². The van der Waals surface area contributed by atoms with Crippen molar-refractivity contribution in [3.8, 4) is 0 Å². The highest BCUT2D eigenvalue weighted by Crippen LogP contribution is 2.40. The number of benzene rings is 1. The molecule has 0 aromatic heterocycles. The summed E-state index contributed by atoms with van der Waals surface area (Å²) >= 11 is 0. The highest BCUT2D eigenvalue weighted by Gasteiger charge is 2.38. The average molecular weight is 328 g/mol. The lowest BCUT2D eigenvalue weighted by atomic mass is 9.78. The molecule has 0 aliphatic carbocycles. The Hall–Kier alpha value is -2.16. The first-order chi connectivity index (χ1) is 11.5. The van der Waals surface area contributed by atoms with E-state index < -0.39 is 5.54 Å². The molecule has 2 unspecified atom stereocenters. The smallest absolute Gasteiger partial charge is 0.129 e. The second-order valence-electron chi connectivity index (χ2n) is 6.02. The van der Waals surface area contributed by atoms with Gasteiger partial charge in [-0.3, -0.25) is 5.01 Å². The van der Waals surface area contributed by atoms with Crippen molar-refractivity contribution in [2.24, 2.45) is 11.0 Å². The van der Waals surface area contributed by atoms with Crippen LogP contribution in [0, 0.1) is 18.7 Å². The van der Waals surface area contributed by atoms with E-state index in [0.29, 0.717) is 17.9 Å². The third kappa shape index (κ3) is 4.22. The number of aryl methyl sites for hydroxylation is 1. The van der Waals surface area contributed by atoms with Gasteiger partial charge in [0.1, 0.15) is 11.4 Å². The van der Waals surface area contributed by atoms with Crippen LogP contribution in [0.25, 0.3) is 0 Å². The number of hydrazone groups is 1. The van der Waals surface area contributed by atoms with Gasteiger partial charge < -0.3 is 0 Å². The number of hydrogen-bond acceptors (Lipinski definition) is 2. The van der Waals surface area contributed by atoms with Crippen molar-refractivity contribution < 1.29 is 4.39 Å². The Morgan fingerprint density at radius 2 is 2.04 bits per heavy atom. The maximum atomic E-state index is 14.8. The first kappa shape index (κ1) is 19.9. The maximum Gasteiger partial charge on any atom is 0.129 e. The van der Waals surface area contributed by atoms with Gasteiger partial charge in [-0.05, 0) is 44.2 Å². The van der Waals surface area contributed by atoms with Crippen LogP contribution in [0.1, 0.15) is 44.2 Å². The second kappa shape index (κ2) is 9.21. The van der Waals surface area contributed by atoms with Crippen molar-refractivity contribution in [3.63, 3.8) is 0 Å². The summed E-state index contributed by atoms with van der Waals surface area (Å²) in [4.78, 5) is 0. The molecule has 130 valence electrons. The lowest BCUT2D eigenvalue weighted by molar-refractivity contribution is 0.158. The molecule has 0 bridgehead atoms. The van der Waals surface area contributed by atoms with Gasteiger partial charge in [0.15, 0.2) is 0 Å². The van der Waals surface area contributed by atoms with Gasteiger partial charge in [-0.1, -0.05) is 44.2 Å². The van der Waals surface area contributed by atoms with Crippen molar-refractivity contribution in [1.29, 1.82) is 0 Å². The van der Waals surface area contributed by atoms with Crippen molar-refractivity contribution in [2.45, 2.75) is 45.6 Å². The van der Waals surface area contributed by atoms with Crippen LogP contribution in [0.3, 0.4) is 0 Å². The van der Waals surface area contributed by atoms with Gasteiger partial charge in [0.05, 0.1) is 0 Å². The molecule has 2 atom stereocenters. The minimum absolute atomic E-state index is 0.249. The van der Waals surface area contributed by atoms with E-state index in [9.17, 15) is 4.39 Å². The Morgan fingerprint density at radius 1 is 1.33 bits per heavy atom. The Balaban J connectivity index is 3.55. The van der Waals surface area contributed by atoms with Crippen molar-refractivity contribution in [2.75, 3.05) is 0 Å². The molecule has 0 saturated carbocycles. The molecule has 0 aliphatic heterocycles. The Bertz CT molecular complexity index is 606. The number of halogens is 1. The molecule has 0 N–H and O–H groups in total. The summed E-state index contributed by atoms with van der Waals surface area (Å²) in [5.74, 6) is 0.0946. The van der Waals surface area contributed by atoms with Crippen LogP contribution in [-0.2, 0) is 5.54 Å². The standard InChI is InChI=1S/C21H29FN2/c1-7-12-18(8-2)16-21(9-3,24(11-5)23-10-4)19-14-13-17(6)15-20(19)22/h7,9-11,13-15,18H,1,3,5,8,12,16H2,2,4,6H3/b23-10-. The van der Waals surface area contributed by atoms with Crippen LogP contribution in [0.4, 0.5) is 4.39 Å². The number of hydrogen-bond donors (Lipinski definition) is 0. The summed E-state index contributed by atoms with van der Waals surface area (Å²) in [6, 6.07) is 5.30. The zero-order valence-electron chi connectivity index (χ0n) is 15.1. The average Bonchev–Trinajstić information content (AvgIpc) is 2.57. The minimum atomic E-state index is -0.782. The topological polar surface area (TPSA) is 15.6 Å². The molecule has 1 rings (SSSR count). The number of allylic oxidation sites excluding steroid dienone is 1. The van der Waals surface area contributed by atoms with Gasteiger partial charge in [0.25, 0.3) is 0 Å². The molecule has 3 heteroatoms. The molecule has 24 heavy (non-hydrogen) atoms. The molecule has 0 heterocycles. The minimum Gasteiger partial charge on any atom is -0.259 e. The Labute approximate surface area is 146 Å². The van der Waals surface area contributed by atoms with Gasteiger partial charge in [0, 0.05) is 18.0 Å². The molecule has 0 radical (unpaired) electrons. The van der Waals surface area contributed by atoms with Crippen LogP contribution in [0.5, 0.6) is 0 Å². The van der Waals surface area contributed by atoms with E-state index in [0.717, 1.165) is 18.4 Å². The van der Waals surface area contributed by atoms with Crippen molar-refractivity contribution in [3.05, 3.63) is 73.2 Å². The monoisotopic (exact) mass is 328 g/mol. The highest BCUT2D eigenvalue weighted by atomic mass is 19.1. The highest BCUT2D eigenvalue weighted by molar-refractivity contribution is 5.53. The number of nitrogens with zero attached hydrogens (tertiary/aromatic N) is 2. The fourth-order valence-electron chi connectivity index (χ4n) is 3.09. The third-order valence-corrected chi connectivity index (χ3v) is 4.43. The summed E-state index contributed by atoms with van der Waals surface area (Å²) in [6.45, 7) is 17.6. The zero-order valence-corrected chi connectivity index (χ0v) is 15.1. The number of rotatable bonds is 10. The Morgan fingerprint density at radius 3 is 2.50 bits per heavy atom. The third-order valence-electron chi connectivity index (χ3n) is 4.43. The van der Waals surface area contributed by atoms with E-state index in [1.807, 2.05) is 32.1 Å². The van der Waals surface area contributed by atoms with Crippen molar-refractivity contribution >= 4 is 6.21 Å². The molecule has 1 aromatic rings. The molecule has 0 amide bonds. The van der Waals surface area contributed by atoms with E-state index in [1.54, 1.807) is 29.6 Å². The predicted molar refractivity (Wildman–Crippen MR) is 102 cm³/mol. The van der Waals surface area contributed by atoms with Crippen LogP contribution < -0.4 is 0 Å². The van der Waals surface area contributed by atoms with E-state index in [-0.39, 0.29) is 5.82 Å². The van der Waals surface area contributed by atoms with E-state index >= 15 is 0 Å². The van der Waals surface area contributed by atoms with Crippen LogP contribution >= 0.6 is 0 Å². The first-order valence-corrected chi connectivity index (χ1v) is 8.40. The summed E-state index contributed by atoms with van der Waals surface area (Å²) in [5, 5.41) is 6.11. The predicted octanol–water partition coefficient (Wildman–Crippen LogP) is 5.96. The quantitative estimate of drug-likeness (QED) is 0.294. The van der Waals surface area contributed by atoms with Gasteiger partial charge in [0.2, 0.25) is 0 Å². The summed E-state index contributed by atoms with van der Waals surface area (Å²) in [7, 11) is 0. The fraction of sp³-hybridized carbons (Fsp3) is 0.381.